The molecule has 6 heterocycles. The molecule has 204 valence electrons. The third-order valence-electron chi connectivity index (χ3n) is 7.18. The smallest absolute Gasteiger partial charge is 0.298 e. The minimum atomic E-state index is -0.160. The fourth-order valence-corrected chi connectivity index (χ4v) is 5.16. The third-order valence-corrected chi connectivity index (χ3v) is 7.18. The number of piperazine rings is 1. The Kier molecular flexibility index (Phi) is 5.96. The van der Waals surface area contributed by atoms with Gasteiger partial charge in [-0.3, -0.25) is 4.79 Å². The molecule has 1 N–H and O–H groups in total. The van der Waals surface area contributed by atoms with E-state index in [0.29, 0.717) is 60.2 Å². The van der Waals surface area contributed by atoms with Crippen LogP contribution in [-0.4, -0.2) is 72.6 Å². The Balaban J connectivity index is 1.14. The van der Waals surface area contributed by atoms with Crippen molar-refractivity contribution in [2.45, 2.75) is 19.9 Å². The van der Waals surface area contributed by atoms with E-state index in [1.165, 1.54) is 12.7 Å². The van der Waals surface area contributed by atoms with E-state index >= 15 is 0 Å². The first-order valence-electron chi connectivity index (χ1n) is 13.2. The Morgan fingerprint density at radius 2 is 2.05 bits per heavy atom. The number of carbonyl (C=O) groups excluding carboxylic acids is 1. The summed E-state index contributed by atoms with van der Waals surface area (Å²) in [6.45, 7) is 5.85. The summed E-state index contributed by atoms with van der Waals surface area (Å²) >= 11 is 0. The minimum absolute atomic E-state index is 0.00879. The third kappa shape index (κ3) is 4.57. The van der Waals surface area contributed by atoms with Gasteiger partial charge < -0.3 is 24.6 Å². The molecule has 12 nitrogen and oxygen atoms in total. The highest BCUT2D eigenvalue weighted by atomic mass is 16.5. The van der Waals surface area contributed by atoms with Gasteiger partial charge in [0.05, 0.1) is 11.6 Å². The number of fused-ring (bicyclic) bond motifs is 5. The molecule has 5 aromatic rings. The van der Waals surface area contributed by atoms with Crippen LogP contribution in [0, 0.1) is 18.8 Å². The lowest BCUT2D eigenvalue weighted by Gasteiger charge is -2.44. The maximum atomic E-state index is 12.3. The predicted molar refractivity (Wildman–Crippen MR) is 152 cm³/mol. The van der Waals surface area contributed by atoms with Gasteiger partial charge in [0, 0.05) is 43.7 Å². The molecule has 7 rings (SSSR count). The van der Waals surface area contributed by atoms with Crippen molar-refractivity contribution in [3.8, 4) is 29.1 Å². The molecule has 1 fully saturated rings. The molecule has 1 aromatic carbocycles. The molecule has 1 amide bonds. The molecule has 1 atom stereocenters. The second-order valence-corrected chi connectivity index (χ2v) is 9.82. The van der Waals surface area contributed by atoms with Gasteiger partial charge in [0.2, 0.25) is 0 Å². The van der Waals surface area contributed by atoms with E-state index in [9.17, 15) is 4.79 Å². The molecule has 12 heteroatoms. The molecule has 0 bridgehead atoms. The van der Waals surface area contributed by atoms with Crippen molar-refractivity contribution in [3.05, 3.63) is 60.8 Å². The van der Waals surface area contributed by atoms with Crippen LogP contribution >= 0.6 is 0 Å². The van der Waals surface area contributed by atoms with Crippen LogP contribution in [-0.2, 0) is 4.79 Å². The minimum Gasteiger partial charge on any atom is -0.487 e. The van der Waals surface area contributed by atoms with Gasteiger partial charge in [0.1, 0.15) is 36.3 Å². The normalized spacial score (nSPS) is 15.9. The van der Waals surface area contributed by atoms with Crippen molar-refractivity contribution < 1.29 is 14.3 Å². The summed E-state index contributed by atoms with van der Waals surface area (Å²) in [7, 11) is 0. The Morgan fingerprint density at radius 3 is 2.93 bits per heavy atom. The van der Waals surface area contributed by atoms with Crippen LogP contribution in [0.1, 0.15) is 12.5 Å². The van der Waals surface area contributed by atoms with Crippen molar-refractivity contribution in [1.82, 2.24) is 34.4 Å². The average Bonchev–Trinajstić information content (AvgIpc) is 3.46. The van der Waals surface area contributed by atoms with E-state index in [4.69, 9.17) is 14.5 Å². The van der Waals surface area contributed by atoms with Gasteiger partial charge in [-0.05, 0) is 49.6 Å². The summed E-state index contributed by atoms with van der Waals surface area (Å²) < 4.78 is 13.9. The van der Waals surface area contributed by atoms with Crippen LogP contribution in [0.25, 0.3) is 16.7 Å². The first-order chi connectivity index (χ1) is 20.1. The molecular weight excluding hydrogens is 522 g/mol. The molecule has 41 heavy (non-hydrogen) atoms. The Labute approximate surface area is 235 Å². The molecule has 4 aromatic heterocycles. The van der Waals surface area contributed by atoms with Gasteiger partial charge in [0.15, 0.2) is 23.0 Å². The number of carbonyl (C=O) groups is 1. The lowest BCUT2D eigenvalue weighted by molar-refractivity contribution is -0.126. The molecule has 0 spiro atoms. The van der Waals surface area contributed by atoms with Crippen molar-refractivity contribution >= 4 is 39.9 Å². The number of rotatable bonds is 4. The quantitative estimate of drug-likeness (QED) is 0.335. The lowest BCUT2D eigenvalue weighted by Crippen LogP contribution is -2.58. The SMILES string of the molecule is CC#CC(=O)N1CCN2c3nc4c(Nc5ccc(Oc6ccn7ncnc7c6)c(C)c5)ncnc4cc3OCC2C1. The summed E-state index contributed by atoms with van der Waals surface area (Å²) in [4.78, 5) is 34.4. The second kappa shape index (κ2) is 9.95. The van der Waals surface area contributed by atoms with Crippen molar-refractivity contribution in [1.29, 1.82) is 0 Å². The summed E-state index contributed by atoms with van der Waals surface area (Å²) in [5.74, 6) is 8.55. The van der Waals surface area contributed by atoms with E-state index < -0.39 is 0 Å². The van der Waals surface area contributed by atoms with Gasteiger partial charge in [-0.1, -0.05) is 5.92 Å². The number of aryl methyl sites for hydroxylation is 1. The van der Waals surface area contributed by atoms with E-state index in [1.807, 2.05) is 49.5 Å². The first-order valence-corrected chi connectivity index (χ1v) is 13.2. The van der Waals surface area contributed by atoms with Crippen LogP contribution in [0.15, 0.2) is 55.2 Å². The van der Waals surface area contributed by atoms with Crippen molar-refractivity contribution in [3.63, 3.8) is 0 Å². The Morgan fingerprint density at radius 1 is 1.12 bits per heavy atom. The zero-order valence-corrected chi connectivity index (χ0v) is 22.4. The molecule has 0 saturated carbocycles. The van der Waals surface area contributed by atoms with Crippen LogP contribution < -0.4 is 19.7 Å². The maximum absolute atomic E-state index is 12.3. The van der Waals surface area contributed by atoms with E-state index in [1.54, 1.807) is 16.3 Å². The highest BCUT2D eigenvalue weighted by Gasteiger charge is 2.35. The number of nitrogens with zero attached hydrogens (tertiary/aromatic N) is 8. The Bertz CT molecular complexity index is 1880. The predicted octanol–water partition coefficient (Wildman–Crippen LogP) is 3.34. The fourth-order valence-electron chi connectivity index (χ4n) is 5.16. The van der Waals surface area contributed by atoms with Gasteiger partial charge in [-0.25, -0.2) is 24.5 Å². The van der Waals surface area contributed by atoms with Gasteiger partial charge in [-0.2, -0.15) is 5.10 Å². The highest BCUT2D eigenvalue weighted by molar-refractivity contribution is 5.94. The average molecular weight is 548 g/mol. The zero-order valence-electron chi connectivity index (χ0n) is 22.4. The summed E-state index contributed by atoms with van der Waals surface area (Å²) in [6, 6.07) is 11.4. The number of hydrogen-bond donors (Lipinski definition) is 1. The van der Waals surface area contributed by atoms with Crippen LogP contribution in [0.3, 0.4) is 0 Å². The summed E-state index contributed by atoms with van der Waals surface area (Å²) in [5, 5.41) is 7.51. The molecule has 0 aliphatic carbocycles. The summed E-state index contributed by atoms with van der Waals surface area (Å²) in [5.41, 5.74) is 3.79. The zero-order chi connectivity index (χ0) is 27.9. The topological polar surface area (TPSA) is 123 Å². The van der Waals surface area contributed by atoms with Crippen molar-refractivity contribution in [2.24, 2.45) is 0 Å². The highest BCUT2D eigenvalue weighted by Crippen LogP contribution is 2.37. The molecule has 2 aliphatic rings. The van der Waals surface area contributed by atoms with Crippen LogP contribution in [0.4, 0.5) is 17.3 Å². The molecule has 0 radical (unpaired) electrons. The van der Waals surface area contributed by atoms with E-state index in [2.05, 4.69) is 42.1 Å². The number of pyridine rings is 2. The molecule has 1 saturated heterocycles. The number of ether oxygens (including phenoxy) is 2. The van der Waals surface area contributed by atoms with Crippen LogP contribution in [0.5, 0.6) is 17.2 Å². The number of hydrogen-bond acceptors (Lipinski definition) is 10. The summed E-state index contributed by atoms with van der Waals surface area (Å²) in [6.07, 6.45) is 4.82. The number of anilines is 3. The second-order valence-electron chi connectivity index (χ2n) is 9.82. The number of aromatic nitrogens is 6. The first kappa shape index (κ1) is 24.6. The monoisotopic (exact) mass is 547 g/mol. The number of nitrogens with one attached hydrogen (secondary N) is 1. The van der Waals surface area contributed by atoms with Gasteiger partial charge in [-0.15, -0.1) is 0 Å². The molecule has 2 aliphatic heterocycles. The van der Waals surface area contributed by atoms with Gasteiger partial charge in [0.25, 0.3) is 5.91 Å². The Hall–Kier alpha value is -5.44. The number of amides is 1. The van der Waals surface area contributed by atoms with Crippen LogP contribution in [0.2, 0.25) is 0 Å². The lowest BCUT2D eigenvalue weighted by atomic mass is 10.1. The molecular formula is C29H25N9O3. The van der Waals surface area contributed by atoms with Gasteiger partial charge >= 0.3 is 0 Å². The van der Waals surface area contributed by atoms with E-state index in [-0.39, 0.29) is 11.9 Å². The standard InChI is InChI=1S/C29H25N9O3/c1-3-4-26(39)36-9-10-37-20(14-36)15-40-24-13-22-27(35-29(24)37)28(32-16-30-22)34-19-5-6-23(18(2)11-19)41-21-7-8-38-25(12-21)31-17-33-38/h5-8,11-13,16-17,20H,9-10,14-15H2,1-2H3,(H,30,32,34). The largest absolute Gasteiger partial charge is 0.487 e. The van der Waals surface area contributed by atoms with E-state index in [0.717, 1.165) is 22.8 Å². The molecule has 1 unspecified atom stereocenters. The van der Waals surface area contributed by atoms with Crippen molar-refractivity contribution in [2.75, 3.05) is 36.5 Å². The number of benzene rings is 1. The fraction of sp³-hybridized carbons (Fsp3) is 0.241. The maximum Gasteiger partial charge on any atom is 0.298 e.